The number of benzene rings is 3. The maximum atomic E-state index is 15.2. The van der Waals surface area contributed by atoms with Gasteiger partial charge in [0.2, 0.25) is 11.6 Å². The van der Waals surface area contributed by atoms with Gasteiger partial charge in [0, 0.05) is 11.4 Å². The molecule has 17 heteroatoms. The molecule has 4 nitrogen and oxygen atoms in total. The van der Waals surface area contributed by atoms with Crippen molar-refractivity contribution in [2.45, 2.75) is 18.5 Å². The summed E-state index contributed by atoms with van der Waals surface area (Å²) in [6.07, 6.45) is -16.9. The van der Waals surface area contributed by atoms with Gasteiger partial charge >= 0.3 is 18.5 Å². The number of nitrogen functional groups attached to an aromatic ring is 2. The first kappa shape index (κ1) is 28.5. The highest BCUT2D eigenvalue weighted by atomic mass is 19.4. The number of ether oxygens (including phenoxy) is 2. The second-order valence-electron chi connectivity index (χ2n) is 7.26. The first-order chi connectivity index (χ1) is 17.2. The van der Waals surface area contributed by atoms with E-state index < -0.39 is 98.9 Å². The summed E-state index contributed by atoms with van der Waals surface area (Å²) in [7, 11) is 0. The SMILES string of the molecule is Nc1ccc(F)c(Oc2c(F)cc(C(F)(F)F)c(Oc3c(F)ccc(N)c3C(F)(F)F)c2F)c1C(F)(F)F. The van der Waals surface area contributed by atoms with Crippen molar-refractivity contribution in [3.8, 4) is 23.0 Å². The third-order valence-electron chi connectivity index (χ3n) is 4.70. The number of alkyl halides is 9. The first-order valence-corrected chi connectivity index (χ1v) is 9.50. The van der Waals surface area contributed by atoms with Crippen molar-refractivity contribution in [3.05, 3.63) is 70.3 Å². The molecule has 0 aliphatic rings. The molecule has 3 aromatic carbocycles. The van der Waals surface area contributed by atoms with E-state index in [4.69, 9.17) is 11.5 Å². The van der Waals surface area contributed by atoms with Gasteiger partial charge in [-0.25, -0.2) is 13.2 Å². The van der Waals surface area contributed by atoms with Crippen molar-refractivity contribution >= 4 is 11.4 Å². The van der Waals surface area contributed by atoms with E-state index in [9.17, 15) is 52.7 Å². The molecule has 0 spiro atoms. The molecule has 0 radical (unpaired) electrons. The standard InChI is InChI=1S/C21H9F13N2O2/c22-7-1-3-10(35)12(20(29,30)31)16(7)37-15-6(19(26,27)28)5-9(24)18(14(15)25)38-17-8(23)2-4-11(36)13(17)21(32,33)34/h1-5H,35-36H2. The van der Waals surface area contributed by atoms with Crippen LogP contribution in [0.25, 0.3) is 0 Å². The molecule has 0 bridgehead atoms. The van der Waals surface area contributed by atoms with Crippen LogP contribution in [0.4, 0.5) is 68.5 Å². The van der Waals surface area contributed by atoms with Crippen LogP contribution in [-0.2, 0) is 18.5 Å². The van der Waals surface area contributed by atoms with Gasteiger partial charge in [-0.3, -0.25) is 0 Å². The summed E-state index contributed by atoms with van der Waals surface area (Å²) in [6, 6.07) is 0.578. The van der Waals surface area contributed by atoms with Gasteiger partial charge in [-0.2, -0.15) is 43.9 Å². The molecule has 206 valence electrons. The Labute approximate surface area is 202 Å². The van der Waals surface area contributed by atoms with Gasteiger partial charge in [-0.1, -0.05) is 0 Å². The number of hydrogen-bond donors (Lipinski definition) is 2. The average molecular weight is 568 g/mol. The van der Waals surface area contributed by atoms with Crippen molar-refractivity contribution in [2.75, 3.05) is 11.5 Å². The topological polar surface area (TPSA) is 70.5 Å². The molecule has 0 saturated heterocycles. The van der Waals surface area contributed by atoms with Crippen LogP contribution in [0.3, 0.4) is 0 Å². The first-order valence-electron chi connectivity index (χ1n) is 9.50. The lowest BCUT2D eigenvalue weighted by atomic mass is 10.1. The van der Waals surface area contributed by atoms with E-state index in [0.29, 0.717) is 12.1 Å². The van der Waals surface area contributed by atoms with Gasteiger partial charge < -0.3 is 20.9 Å². The van der Waals surface area contributed by atoms with E-state index >= 15 is 4.39 Å². The third kappa shape index (κ3) is 5.31. The fourth-order valence-corrected chi connectivity index (χ4v) is 3.12. The Balaban J connectivity index is 2.33. The Morgan fingerprint density at radius 1 is 0.500 bits per heavy atom. The van der Waals surface area contributed by atoms with Gasteiger partial charge in [0.25, 0.3) is 0 Å². The van der Waals surface area contributed by atoms with Crippen LogP contribution in [-0.4, -0.2) is 0 Å². The zero-order valence-electron chi connectivity index (χ0n) is 17.8. The maximum Gasteiger partial charge on any atom is 0.422 e. The van der Waals surface area contributed by atoms with E-state index in [2.05, 4.69) is 9.47 Å². The molecule has 0 aliphatic carbocycles. The summed E-state index contributed by atoms with van der Waals surface area (Å²) in [6.45, 7) is 0. The van der Waals surface area contributed by atoms with E-state index in [0.717, 1.165) is 0 Å². The van der Waals surface area contributed by atoms with Gasteiger partial charge in [0.05, 0.1) is 0 Å². The molecule has 0 aromatic heterocycles. The smallest absolute Gasteiger partial charge is 0.422 e. The van der Waals surface area contributed by atoms with Gasteiger partial charge in [0.1, 0.15) is 16.7 Å². The molecule has 38 heavy (non-hydrogen) atoms. The molecule has 0 atom stereocenters. The predicted molar refractivity (Wildman–Crippen MR) is 103 cm³/mol. The van der Waals surface area contributed by atoms with E-state index in [-0.39, 0.29) is 12.1 Å². The van der Waals surface area contributed by atoms with Crippen molar-refractivity contribution in [1.82, 2.24) is 0 Å². The lowest BCUT2D eigenvalue weighted by Crippen LogP contribution is -2.15. The Kier molecular flexibility index (Phi) is 7.02. The van der Waals surface area contributed by atoms with Crippen molar-refractivity contribution in [3.63, 3.8) is 0 Å². The number of halogens is 13. The zero-order valence-corrected chi connectivity index (χ0v) is 17.8. The van der Waals surface area contributed by atoms with E-state index in [1.807, 2.05) is 0 Å². The zero-order chi connectivity index (χ0) is 29.0. The van der Waals surface area contributed by atoms with Crippen molar-refractivity contribution < 1.29 is 66.5 Å². The Bertz CT molecular complexity index is 1400. The molecule has 0 amide bonds. The largest absolute Gasteiger partial charge is 0.450 e. The Morgan fingerprint density at radius 2 is 0.895 bits per heavy atom. The monoisotopic (exact) mass is 568 g/mol. The highest BCUT2D eigenvalue weighted by molar-refractivity contribution is 5.60. The second kappa shape index (κ2) is 9.36. The van der Waals surface area contributed by atoms with Crippen molar-refractivity contribution in [2.24, 2.45) is 0 Å². The van der Waals surface area contributed by atoms with Crippen LogP contribution in [0.1, 0.15) is 16.7 Å². The lowest BCUT2D eigenvalue weighted by molar-refractivity contribution is -0.140. The predicted octanol–water partition coefficient (Wildman–Crippen LogP) is 8.05. The van der Waals surface area contributed by atoms with Crippen LogP contribution in [0.5, 0.6) is 23.0 Å². The third-order valence-corrected chi connectivity index (χ3v) is 4.70. The average Bonchev–Trinajstić information content (AvgIpc) is 2.74. The summed E-state index contributed by atoms with van der Waals surface area (Å²) >= 11 is 0. The molecular formula is C21H9F13N2O2. The number of nitrogens with two attached hydrogens (primary N) is 2. The fourth-order valence-electron chi connectivity index (χ4n) is 3.12. The van der Waals surface area contributed by atoms with Crippen molar-refractivity contribution in [1.29, 1.82) is 0 Å². The molecule has 3 aromatic rings. The summed E-state index contributed by atoms with van der Waals surface area (Å²) in [4.78, 5) is 0. The highest BCUT2D eigenvalue weighted by Crippen LogP contribution is 2.50. The Hall–Kier alpha value is -4.05. The molecule has 4 N–H and O–H groups in total. The molecule has 0 aliphatic heterocycles. The molecule has 0 fully saturated rings. The molecule has 3 rings (SSSR count). The second-order valence-corrected chi connectivity index (χ2v) is 7.26. The van der Waals surface area contributed by atoms with Crippen LogP contribution in [0.2, 0.25) is 0 Å². The summed E-state index contributed by atoms with van der Waals surface area (Å²) in [5, 5.41) is 0. The Morgan fingerprint density at radius 3 is 1.26 bits per heavy atom. The number of rotatable bonds is 4. The molecule has 0 unspecified atom stereocenters. The highest BCUT2D eigenvalue weighted by Gasteiger charge is 2.44. The lowest BCUT2D eigenvalue weighted by Gasteiger charge is -2.21. The van der Waals surface area contributed by atoms with Gasteiger partial charge in [0.15, 0.2) is 34.7 Å². The molecular weight excluding hydrogens is 559 g/mol. The minimum absolute atomic E-state index is 0.212. The van der Waals surface area contributed by atoms with E-state index in [1.54, 1.807) is 0 Å². The number of hydrogen-bond acceptors (Lipinski definition) is 4. The minimum atomic E-state index is -5.79. The van der Waals surface area contributed by atoms with Crippen LogP contribution in [0, 0.1) is 23.3 Å². The minimum Gasteiger partial charge on any atom is -0.450 e. The summed E-state index contributed by atoms with van der Waals surface area (Å²) in [5.74, 6) is -17.7. The molecule has 0 heterocycles. The van der Waals surface area contributed by atoms with Crippen LogP contribution < -0.4 is 20.9 Å². The fraction of sp³-hybridized carbons (Fsp3) is 0.143. The van der Waals surface area contributed by atoms with Crippen LogP contribution in [0.15, 0.2) is 30.3 Å². The van der Waals surface area contributed by atoms with Crippen LogP contribution >= 0.6 is 0 Å². The summed E-state index contributed by atoms with van der Waals surface area (Å²) < 4.78 is 187. The summed E-state index contributed by atoms with van der Waals surface area (Å²) in [5.41, 5.74) is 0.928. The quantitative estimate of drug-likeness (QED) is 0.247. The molecule has 0 saturated carbocycles. The van der Waals surface area contributed by atoms with Gasteiger partial charge in [-0.15, -0.1) is 0 Å². The normalized spacial score (nSPS) is 12.6. The van der Waals surface area contributed by atoms with Gasteiger partial charge in [-0.05, 0) is 30.3 Å². The van der Waals surface area contributed by atoms with E-state index in [1.165, 1.54) is 0 Å². The maximum absolute atomic E-state index is 15.2. The number of anilines is 2.